The lowest BCUT2D eigenvalue weighted by Gasteiger charge is -2.15. The van der Waals surface area contributed by atoms with Crippen LogP contribution in [-0.4, -0.2) is 45.4 Å². The molecule has 0 radical (unpaired) electrons. The monoisotopic (exact) mass is 493 g/mol. The highest BCUT2D eigenvalue weighted by Crippen LogP contribution is 2.28. The first-order valence-electron chi connectivity index (χ1n) is 11.5. The number of fused-ring (bicyclic) bond motifs is 2. The Balaban J connectivity index is 1.38. The average Bonchev–Trinajstić information content (AvgIpc) is 3.53. The molecule has 0 fully saturated rings. The van der Waals surface area contributed by atoms with E-state index in [2.05, 4.69) is 37.2 Å². The van der Waals surface area contributed by atoms with E-state index < -0.39 is 17.3 Å². The van der Waals surface area contributed by atoms with Gasteiger partial charge < -0.3 is 9.67 Å². The van der Waals surface area contributed by atoms with Gasteiger partial charge in [0.1, 0.15) is 5.82 Å². The van der Waals surface area contributed by atoms with Crippen molar-refractivity contribution < 1.29 is 14.3 Å². The van der Waals surface area contributed by atoms with Gasteiger partial charge in [0.05, 0.1) is 41.5 Å². The highest BCUT2D eigenvalue weighted by molar-refractivity contribution is 5.88. The normalized spacial score (nSPS) is 12.3. The van der Waals surface area contributed by atoms with Crippen molar-refractivity contribution in [2.45, 2.75) is 13.0 Å². The Hall–Kier alpha value is -4.99. The SMILES string of the molecule is CC(c1ccc2ncc(-c3cnn(C)c3)cc2c1)n1cnc2ncc(-c3ccc(C(=O)O)c(F)c3)nc21. The second-order valence-corrected chi connectivity index (χ2v) is 8.81. The van der Waals surface area contributed by atoms with Crippen molar-refractivity contribution in [1.82, 2.24) is 34.3 Å². The number of hydrogen-bond donors (Lipinski definition) is 1. The van der Waals surface area contributed by atoms with Gasteiger partial charge in [-0.25, -0.2) is 24.1 Å². The van der Waals surface area contributed by atoms with Crippen LogP contribution in [-0.2, 0) is 7.05 Å². The number of aromatic nitrogens is 7. The van der Waals surface area contributed by atoms with Crippen molar-refractivity contribution in [1.29, 1.82) is 0 Å². The molecular formula is C27H20FN7O2. The van der Waals surface area contributed by atoms with Gasteiger partial charge in [-0.05, 0) is 42.8 Å². The number of carbonyl (C=O) groups is 1. The molecule has 1 atom stereocenters. The fourth-order valence-electron chi connectivity index (χ4n) is 4.38. The summed E-state index contributed by atoms with van der Waals surface area (Å²) in [4.78, 5) is 29.2. The number of halogens is 1. The van der Waals surface area contributed by atoms with Gasteiger partial charge in [0.2, 0.25) is 0 Å². The number of aryl methyl sites for hydroxylation is 1. The van der Waals surface area contributed by atoms with Crippen LogP contribution in [0, 0.1) is 5.82 Å². The minimum Gasteiger partial charge on any atom is -0.478 e. The Bertz CT molecular complexity index is 1830. The maximum Gasteiger partial charge on any atom is 0.338 e. The van der Waals surface area contributed by atoms with E-state index in [-0.39, 0.29) is 6.04 Å². The van der Waals surface area contributed by atoms with Crippen LogP contribution in [0.5, 0.6) is 0 Å². The molecule has 1 N–H and O–H groups in total. The van der Waals surface area contributed by atoms with Crippen molar-refractivity contribution >= 4 is 28.2 Å². The summed E-state index contributed by atoms with van der Waals surface area (Å²) in [6.45, 7) is 2.04. The van der Waals surface area contributed by atoms with Crippen LogP contribution in [0.4, 0.5) is 4.39 Å². The van der Waals surface area contributed by atoms with E-state index in [1.165, 1.54) is 18.3 Å². The zero-order valence-corrected chi connectivity index (χ0v) is 19.9. The molecule has 1 unspecified atom stereocenters. The number of pyridine rings is 1. The molecule has 6 rings (SSSR count). The zero-order valence-electron chi connectivity index (χ0n) is 19.9. The van der Waals surface area contributed by atoms with E-state index >= 15 is 0 Å². The smallest absolute Gasteiger partial charge is 0.338 e. The summed E-state index contributed by atoms with van der Waals surface area (Å²) >= 11 is 0. The second kappa shape index (κ2) is 8.59. The van der Waals surface area contributed by atoms with E-state index in [0.29, 0.717) is 22.6 Å². The highest BCUT2D eigenvalue weighted by atomic mass is 19.1. The van der Waals surface area contributed by atoms with Gasteiger partial charge in [-0.3, -0.25) is 9.67 Å². The third kappa shape index (κ3) is 3.98. The molecule has 4 heterocycles. The third-order valence-corrected chi connectivity index (χ3v) is 6.42. The number of hydrogen-bond acceptors (Lipinski definition) is 6. The predicted octanol–water partition coefficient (Wildman–Crippen LogP) is 4.89. The van der Waals surface area contributed by atoms with Gasteiger partial charge in [-0.15, -0.1) is 0 Å². The van der Waals surface area contributed by atoms with Crippen LogP contribution < -0.4 is 0 Å². The Morgan fingerprint density at radius 1 is 0.973 bits per heavy atom. The molecule has 0 aliphatic heterocycles. The number of aromatic carboxylic acids is 1. The maximum absolute atomic E-state index is 14.3. The predicted molar refractivity (Wildman–Crippen MR) is 135 cm³/mol. The molecule has 10 heteroatoms. The number of nitrogens with zero attached hydrogens (tertiary/aromatic N) is 7. The molecule has 9 nitrogen and oxygen atoms in total. The molecule has 0 amide bonds. The van der Waals surface area contributed by atoms with E-state index in [0.717, 1.165) is 33.7 Å². The Kier molecular flexibility index (Phi) is 5.22. The molecule has 6 aromatic rings. The maximum atomic E-state index is 14.3. The summed E-state index contributed by atoms with van der Waals surface area (Å²) in [5, 5.41) is 14.3. The van der Waals surface area contributed by atoms with Crippen LogP contribution in [0.1, 0.15) is 28.9 Å². The molecule has 4 aromatic heterocycles. The fraction of sp³-hybridized carbons (Fsp3) is 0.111. The first-order valence-corrected chi connectivity index (χ1v) is 11.5. The quantitative estimate of drug-likeness (QED) is 0.364. The van der Waals surface area contributed by atoms with Crippen LogP contribution in [0.25, 0.3) is 44.6 Å². The summed E-state index contributed by atoms with van der Waals surface area (Å²) in [6, 6.07) is 11.9. The lowest BCUT2D eigenvalue weighted by Crippen LogP contribution is -2.07. The second-order valence-electron chi connectivity index (χ2n) is 8.81. The highest BCUT2D eigenvalue weighted by Gasteiger charge is 2.17. The van der Waals surface area contributed by atoms with E-state index in [1.54, 1.807) is 11.0 Å². The molecule has 0 bridgehead atoms. The number of imidazole rings is 1. The third-order valence-electron chi connectivity index (χ3n) is 6.42. The summed E-state index contributed by atoms with van der Waals surface area (Å²) < 4.78 is 17.9. The van der Waals surface area contributed by atoms with Gasteiger partial charge in [-0.2, -0.15) is 5.10 Å². The van der Waals surface area contributed by atoms with Gasteiger partial charge in [0.25, 0.3) is 0 Å². The lowest BCUT2D eigenvalue weighted by atomic mass is 10.0. The van der Waals surface area contributed by atoms with Gasteiger partial charge >= 0.3 is 5.97 Å². The van der Waals surface area contributed by atoms with Gasteiger partial charge in [-0.1, -0.05) is 12.1 Å². The van der Waals surface area contributed by atoms with Crippen molar-refractivity contribution in [3.05, 3.63) is 90.5 Å². The summed E-state index contributed by atoms with van der Waals surface area (Å²) in [7, 11) is 1.88. The minimum absolute atomic E-state index is 0.132. The first kappa shape index (κ1) is 22.5. The summed E-state index contributed by atoms with van der Waals surface area (Å²) in [6.07, 6.45) is 8.78. The van der Waals surface area contributed by atoms with Gasteiger partial charge in [0, 0.05) is 41.5 Å². The van der Waals surface area contributed by atoms with Crippen LogP contribution in [0.3, 0.4) is 0 Å². The van der Waals surface area contributed by atoms with Crippen molar-refractivity contribution in [2.24, 2.45) is 7.05 Å². The molecule has 182 valence electrons. The van der Waals surface area contributed by atoms with E-state index in [1.807, 2.05) is 49.3 Å². The van der Waals surface area contributed by atoms with Crippen LogP contribution >= 0.6 is 0 Å². The molecule has 0 spiro atoms. The number of carboxylic acid groups (broad SMARTS) is 1. The molecule has 37 heavy (non-hydrogen) atoms. The average molecular weight is 494 g/mol. The topological polar surface area (TPSA) is 112 Å². The van der Waals surface area contributed by atoms with Crippen LogP contribution in [0.2, 0.25) is 0 Å². The summed E-state index contributed by atoms with van der Waals surface area (Å²) in [5.74, 6) is -2.15. The largest absolute Gasteiger partial charge is 0.478 e. The molecule has 0 saturated heterocycles. The molecular weight excluding hydrogens is 473 g/mol. The molecule has 0 aliphatic carbocycles. The Morgan fingerprint density at radius 2 is 1.84 bits per heavy atom. The Morgan fingerprint density at radius 3 is 2.59 bits per heavy atom. The van der Waals surface area contributed by atoms with Gasteiger partial charge in [0.15, 0.2) is 11.3 Å². The number of carboxylic acids is 1. The van der Waals surface area contributed by atoms with Crippen LogP contribution in [0.15, 0.2) is 73.6 Å². The number of rotatable bonds is 5. The fourth-order valence-corrected chi connectivity index (χ4v) is 4.38. The number of benzene rings is 2. The summed E-state index contributed by atoms with van der Waals surface area (Å²) in [5.41, 5.74) is 5.33. The zero-order chi connectivity index (χ0) is 25.7. The molecule has 0 saturated carbocycles. The van der Waals surface area contributed by atoms with Crippen molar-refractivity contribution in [3.63, 3.8) is 0 Å². The Labute approximate surface area is 209 Å². The van der Waals surface area contributed by atoms with Crippen molar-refractivity contribution in [3.8, 4) is 22.4 Å². The van der Waals surface area contributed by atoms with E-state index in [4.69, 9.17) is 5.11 Å². The first-order chi connectivity index (χ1) is 17.9. The van der Waals surface area contributed by atoms with Crippen molar-refractivity contribution in [2.75, 3.05) is 0 Å². The minimum atomic E-state index is -1.32. The lowest BCUT2D eigenvalue weighted by molar-refractivity contribution is 0.0692. The molecule has 0 aliphatic rings. The standard InChI is InChI=1S/C27H20FN7O2/c1-15(16-4-6-23-18(7-16)8-19(10-29-23)20-11-32-34(2)13-20)35-14-31-25-26(35)33-24(12-30-25)17-3-5-21(27(36)37)22(28)9-17/h3-15H,1-2H3,(H,36,37). The van der Waals surface area contributed by atoms with E-state index in [9.17, 15) is 9.18 Å². The molecule has 2 aromatic carbocycles.